The second kappa shape index (κ2) is 5.66. The zero-order valence-electron chi connectivity index (χ0n) is 9.96. The van der Waals surface area contributed by atoms with E-state index in [0.29, 0.717) is 10.6 Å². The summed E-state index contributed by atoms with van der Waals surface area (Å²) in [5.41, 5.74) is 1.29. The Morgan fingerprint density at radius 1 is 1.58 bits per heavy atom. The molecule has 1 atom stereocenters. The van der Waals surface area contributed by atoms with Crippen molar-refractivity contribution >= 4 is 33.2 Å². The Kier molecular flexibility index (Phi) is 4.16. The lowest BCUT2D eigenvalue weighted by atomic mass is 10.2. The van der Waals surface area contributed by atoms with Crippen molar-refractivity contribution in [2.45, 2.75) is 18.3 Å². The van der Waals surface area contributed by atoms with Gasteiger partial charge in [0.15, 0.2) is 0 Å². The molecule has 0 amide bonds. The molecule has 0 aliphatic rings. The van der Waals surface area contributed by atoms with Crippen LogP contribution in [0, 0.1) is 10.1 Å². The van der Waals surface area contributed by atoms with E-state index in [4.69, 9.17) is 11.6 Å². The Morgan fingerprint density at radius 3 is 2.89 bits per heavy atom. The Labute approximate surface area is 122 Å². The minimum absolute atomic E-state index is 0.0216. The zero-order chi connectivity index (χ0) is 14.0. The summed E-state index contributed by atoms with van der Waals surface area (Å²) in [7, 11) is 0. The maximum absolute atomic E-state index is 10.9. The highest BCUT2D eigenvalue weighted by molar-refractivity contribution is 9.09. The Hall–Kier alpha value is -1.47. The number of aromatic nitrogens is 3. The Balaban J connectivity index is 2.31. The molecule has 0 saturated carbocycles. The van der Waals surface area contributed by atoms with E-state index < -0.39 is 4.92 Å². The molecule has 6 nitrogen and oxygen atoms in total. The SMILES string of the molecule is CC(Br)c1cn(Cc2cc(Cl)ccc2[N+](=O)[O-])nn1. The first-order valence-corrected chi connectivity index (χ1v) is 6.73. The van der Waals surface area contributed by atoms with Gasteiger partial charge in [0.25, 0.3) is 5.69 Å². The summed E-state index contributed by atoms with van der Waals surface area (Å²) in [6, 6.07) is 4.46. The molecule has 19 heavy (non-hydrogen) atoms. The second-order valence-electron chi connectivity index (χ2n) is 3.99. The minimum atomic E-state index is -0.434. The molecule has 0 fully saturated rings. The summed E-state index contributed by atoms with van der Waals surface area (Å²) in [5.74, 6) is 0. The van der Waals surface area contributed by atoms with Crippen molar-refractivity contribution in [2.75, 3.05) is 0 Å². The van der Waals surface area contributed by atoms with Gasteiger partial charge in [-0.3, -0.25) is 10.1 Å². The fraction of sp³-hybridized carbons (Fsp3) is 0.273. The number of alkyl halides is 1. The van der Waals surface area contributed by atoms with Crippen molar-refractivity contribution in [1.29, 1.82) is 0 Å². The standard InChI is InChI=1S/C11H10BrClN4O2/c1-7(12)10-6-16(15-14-10)5-8-4-9(13)2-3-11(8)17(18)19/h2-4,6-7H,5H2,1H3. The van der Waals surface area contributed by atoms with Crippen molar-refractivity contribution in [3.63, 3.8) is 0 Å². The molecule has 100 valence electrons. The van der Waals surface area contributed by atoms with E-state index in [-0.39, 0.29) is 17.1 Å². The van der Waals surface area contributed by atoms with Crippen molar-refractivity contribution in [3.8, 4) is 0 Å². The van der Waals surface area contributed by atoms with Crippen LogP contribution in [0.3, 0.4) is 0 Å². The molecule has 1 heterocycles. The molecule has 2 aromatic rings. The van der Waals surface area contributed by atoms with Crippen molar-refractivity contribution in [1.82, 2.24) is 15.0 Å². The van der Waals surface area contributed by atoms with Gasteiger partial charge in [0, 0.05) is 17.3 Å². The maximum Gasteiger partial charge on any atom is 0.274 e. The van der Waals surface area contributed by atoms with E-state index >= 15 is 0 Å². The summed E-state index contributed by atoms with van der Waals surface area (Å²) in [6.07, 6.45) is 1.74. The zero-order valence-corrected chi connectivity index (χ0v) is 12.3. The van der Waals surface area contributed by atoms with Gasteiger partial charge in [-0.25, -0.2) is 4.68 Å². The monoisotopic (exact) mass is 344 g/mol. The minimum Gasteiger partial charge on any atom is -0.258 e. The van der Waals surface area contributed by atoms with Crippen molar-refractivity contribution < 1.29 is 4.92 Å². The number of nitro groups is 1. The lowest BCUT2D eigenvalue weighted by Gasteiger charge is -2.03. The number of hydrogen-bond donors (Lipinski definition) is 0. The van der Waals surface area contributed by atoms with Gasteiger partial charge in [0.2, 0.25) is 0 Å². The molecule has 0 N–H and O–H groups in total. The number of nitrogens with zero attached hydrogens (tertiary/aromatic N) is 4. The molecule has 0 radical (unpaired) electrons. The van der Waals surface area contributed by atoms with Crippen LogP contribution in [0.15, 0.2) is 24.4 Å². The number of rotatable bonds is 4. The smallest absolute Gasteiger partial charge is 0.258 e. The molecule has 0 saturated heterocycles. The molecule has 0 spiro atoms. The summed E-state index contributed by atoms with van der Waals surface area (Å²) >= 11 is 9.25. The molecule has 1 aromatic carbocycles. The number of benzene rings is 1. The van der Waals surface area contributed by atoms with Crippen molar-refractivity contribution in [3.05, 3.63) is 50.8 Å². The van der Waals surface area contributed by atoms with Crippen LogP contribution in [-0.2, 0) is 6.54 Å². The van der Waals surface area contributed by atoms with E-state index in [9.17, 15) is 10.1 Å². The first-order valence-electron chi connectivity index (χ1n) is 5.44. The molecule has 0 aliphatic carbocycles. The van der Waals surface area contributed by atoms with Gasteiger partial charge in [-0.1, -0.05) is 32.7 Å². The molecule has 1 unspecified atom stereocenters. The third-order valence-corrected chi connectivity index (χ3v) is 3.24. The summed E-state index contributed by atoms with van der Waals surface area (Å²) in [6.45, 7) is 2.18. The van der Waals surface area contributed by atoms with Crippen LogP contribution in [0.1, 0.15) is 23.0 Å². The van der Waals surface area contributed by atoms with E-state index in [0.717, 1.165) is 5.69 Å². The third-order valence-electron chi connectivity index (χ3n) is 2.53. The largest absolute Gasteiger partial charge is 0.274 e. The van der Waals surface area contributed by atoms with E-state index in [1.807, 2.05) is 6.92 Å². The van der Waals surface area contributed by atoms with E-state index in [2.05, 4.69) is 26.2 Å². The van der Waals surface area contributed by atoms with Crippen LogP contribution in [0.4, 0.5) is 5.69 Å². The molecular weight excluding hydrogens is 336 g/mol. The van der Waals surface area contributed by atoms with Gasteiger partial charge in [-0.05, 0) is 19.1 Å². The van der Waals surface area contributed by atoms with Crippen LogP contribution in [0.5, 0.6) is 0 Å². The highest BCUT2D eigenvalue weighted by Gasteiger charge is 2.15. The number of hydrogen-bond acceptors (Lipinski definition) is 4. The van der Waals surface area contributed by atoms with Crippen LogP contribution in [0.2, 0.25) is 5.02 Å². The number of nitro benzene ring substituents is 1. The third kappa shape index (κ3) is 3.30. The topological polar surface area (TPSA) is 73.8 Å². The van der Waals surface area contributed by atoms with Gasteiger partial charge < -0.3 is 0 Å². The quantitative estimate of drug-likeness (QED) is 0.484. The van der Waals surface area contributed by atoms with Gasteiger partial charge in [-0.2, -0.15) is 0 Å². The fourth-order valence-electron chi connectivity index (χ4n) is 1.61. The highest BCUT2D eigenvalue weighted by Crippen LogP contribution is 2.24. The van der Waals surface area contributed by atoms with Crippen LogP contribution in [0.25, 0.3) is 0 Å². The highest BCUT2D eigenvalue weighted by atomic mass is 79.9. The van der Waals surface area contributed by atoms with Crippen molar-refractivity contribution in [2.24, 2.45) is 0 Å². The molecule has 8 heteroatoms. The fourth-order valence-corrected chi connectivity index (χ4v) is 2.01. The van der Waals surface area contributed by atoms with Gasteiger partial charge >= 0.3 is 0 Å². The predicted molar refractivity (Wildman–Crippen MR) is 74.6 cm³/mol. The molecule has 2 rings (SSSR count). The Morgan fingerprint density at radius 2 is 2.32 bits per heavy atom. The molecule has 0 aliphatic heterocycles. The second-order valence-corrected chi connectivity index (χ2v) is 5.80. The van der Waals surface area contributed by atoms with Crippen LogP contribution < -0.4 is 0 Å². The molecular formula is C11H10BrClN4O2. The average molecular weight is 346 g/mol. The molecule has 0 bridgehead atoms. The van der Waals surface area contributed by atoms with Crippen LogP contribution in [-0.4, -0.2) is 19.9 Å². The van der Waals surface area contributed by atoms with E-state index in [1.54, 1.807) is 16.9 Å². The Bertz CT molecular complexity index is 614. The van der Waals surface area contributed by atoms with Gasteiger partial charge in [0.1, 0.15) is 0 Å². The lowest BCUT2D eigenvalue weighted by molar-refractivity contribution is -0.385. The van der Waals surface area contributed by atoms with E-state index in [1.165, 1.54) is 12.1 Å². The first-order chi connectivity index (χ1) is 8.97. The maximum atomic E-state index is 10.9. The summed E-state index contributed by atoms with van der Waals surface area (Å²) < 4.78 is 1.55. The summed E-state index contributed by atoms with van der Waals surface area (Å²) in [5, 5.41) is 19.3. The molecule has 1 aromatic heterocycles. The van der Waals surface area contributed by atoms with Gasteiger partial charge in [0.05, 0.1) is 27.6 Å². The predicted octanol–water partition coefficient (Wildman–Crippen LogP) is 3.34. The lowest BCUT2D eigenvalue weighted by Crippen LogP contribution is -2.04. The number of halogens is 2. The average Bonchev–Trinajstić information content (AvgIpc) is 2.77. The van der Waals surface area contributed by atoms with Gasteiger partial charge in [-0.15, -0.1) is 5.10 Å². The summed E-state index contributed by atoms with van der Waals surface area (Å²) in [4.78, 5) is 10.6. The van der Waals surface area contributed by atoms with Crippen LogP contribution >= 0.6 is 27.5 Å². The first kappa shape index (κ1) is 14.0. The normalized spacial score (nSPS) is 12.4.